The molecule has 0 spiro atoms. The molecule has 0 heterocycles. The van der Waals surface area contributed by atoms with Gasteiger partial charge >= 0.3 is 12.3 Å². The van der Waals surface area contributed by atoms with Crippen molar-refractivity contribution in [2.75, 3.05) is 17.5 Å². The Kier molecular flexibility index (Phi) is 15.3. The van der Waals surface area contributed by atoms with Crippen LogP contribution in [0.3, 0.4) is 0 Å². The fourth-order valence-electron chi connectivity index (χ4n) is 6.22. The monoisotopic (exact) mass is 810 g/mol. The van der Waals surface area contributed by atoms with Gasteiger partial charge in [-0.05, 0) is 98.3 Å². The molecule has 1 unspecified atom stereocenters. The van der Waals surface area contributed by atoms with Gasteiger partial charge in [0.25, 0.3) is 0 Å². The molecule has 5 aromatic carbocycles. The first kappa shape index (κ1) is 43.2. The summed E-state index contributed by atoms with van der Waals surface area (Å²) in [5.74, 6) is 0.573. The van der Waals surface area contributed by atoms with E-state index in [1.54, 1.807) is 70.2 Å². The Bertz CT molecular complexity index is 2110. The summed E-state index contributed by atoms with van der Waals surface area (Å²) in [6.07, 6.45) is -1.79. The first-order chi connectivity index (χ1) is 27.7. The fraction of sp³-hybridized carbons (Fsp3) is 0.289. The molecule has 0 aromatic heterocycles. The van der Waals surface area contributed by atoms with Gasteiger partial charge in [0.15, 0.2) is 0 Å². The molecule has 0 fully saturated rings. The van der Waals surface area contributed by atoms with Gasteiger partial charge < -0.3 is 34.1 Å². The Hall–Kier alpha value is -5.89. The molecule has 13 heteroatoms. The number of hydrogen-bond donors (Lipinski definition) is 3. The molecular weight excluding hydrogens is 761 g/mol. The summed E-state index contributed by atoms with van der Waals surface area (Å²) in [4.78, 5) is 24.5. The predicted octanol–water partition coefficient (Wildman–Crippen LogP) is 8.55. The third-order valence-corrected chi connectivity index (χ3v) is 9.33. The molecule has 3 N–H and O–H groups in total. The number of carbonyl (C=O) groups excluding carboxylic acids is 2. The van der Waals surface area contributed by atoms with Crippen LogP contribution in [-0.2, 0) is 32.5 Å². The highest BCUT2D eigenvalue weighted by atomic mass is 32.2. The maximum Gasteiger partial charge on any atom is 0.514 e. The average molecular weight is 811 g/mol. The van der Waals surface area contributed by atoms with E-state index in [2.05, 4.69) is 10.0 Å². The smallest absolute Gasteiger partial charge is 0.487 e. The molecule has 2 atom stereocenters. The molecule has 0 aliphatic carbocycles. The van der Waals surface area contributed by atoms with Crippen molar-refractivity contribution in [3.05, 3.63) is 155 Å². The van der Waals surface area contributed by atoms with E-state index in [0.29, 0.717) is 29.2 Å². The number of ether oxygens (including phenoxy) is 5. The number of anilines is 1. The van der Waals surface area contributed by atoms with Gasteiger partial charge in [0.1, 0.15) is 23.9 Å². The summed E-state index contributed by atoms with van der Waals surface area (Å²) >= 11 is 0. The van der Waals surface area contributed by atoms with Crippen LogP contribution < -0.4 is 24.2 Å². The van der Waals surface area contributed by atoms with Crippen LogP contribution in [0, 0.1) is 0 Å². The topological polar surface area (TPSA) is 159 Å². The van der Waals surface area contributed by atoms with E-state index in [1.807, 2.05) is 84.9 Å². The number of hydrogen-bond acceptors (Lipinski definition) is 11. The molecule has 306 valence electrons. The Morgan fingerprint density at radius 2 is 1.14 bits per heavy atom. The maximum absolute atomic E-state index is 12.4. The summed E-state index contributed by atoms with van der Waals surface area (Å²) in [7, 11) is -3.69. The zero-order valence-electron chi connectivity index (χ0n) is 33.2. The summed E-state index contributed by atoms with van der Waals surface area (Å²) in [5.41, 5.74) is 4.33. The number of benzene rings is 5. The van der Waals surface area contributed by atoms with Crippen LogP contribution in [0.1, 0.15) is 67.5 Å². The van der Waals surface area contributed by atoms with Crippen LogP contribution in [0.4, 0.5) is 15.3 Å². The molecular formula is C45H50N2O10S. The van der Waals surface area contributed by atoms with Crippen LogP contribution in [0.5, 0.6) is 17.2 Å². The second-order valence-corrected chi connectivity index (χ2v) is 16.0. The number of aliphatic hydroxyl groups is 1. The van der Waals surface area contributed by atoms with Gasteiger partial charge in [-0.15, -0.1) is 0 Å². The maximum atomic E-state index is 12.4. The van der Waals surface area contributed by atoms with E-state index in [1.165, 1.54) is 0 Å². The highest BCUT2D eigenvalue weighted by molar-refractivity contribution is 7.92. The van der Waals surface area contributed by atoms with E-state index in [4.69, 9.17) is 23.7 Å². The van der Waals surface area contributed by atoms with E-state index < -0.39 is 28.4 Å². The number of aliphatic hydroxyl groups excluding tert-OH is 1. The normalized spacial score (nSPS) is 12.5. The van der Waals surface area contributed by atoms with Gasteiger partial charge in [-0.3, -0.25) is 4.72 Å². The highest BCUT2D eigenvalue weighted by Crippen LogP contribution is 2.34. The summed E-state index contributed by atoms with van der Waals surface area (Å²) in [6, 6.07) is 38.2. The van der Waals surface area contributed by atoms with Crippen LogP contribution in [0.2, 0.25) is 0 Å². The third-order valence-electron chi connectivity index (χ3n) is 8.74. The Labute approximate surface area is 340 Å². The minimum absolute atomic E-state index is 0.0843. The first-order valence-corrected chi connectivity index (χ1v) is 20.8. The molecule has 0 saturated heterocycles. The molecule has 0 bridgehead atoms. The molecule has 0 radical (unpaired) electrons. The molecule has 0 saturated carbocycles. The van der Waals surface area contributed by atoms with Gasteiger partial charge in [0.05, 0.1) is 30.3 Å². The van der Waals surface area contributed by atoms with Crippen molar-refractivity contribution in [3.63, 3.8) is 0 Å². The van der Waals surface area contributed by atoms with Crippen molar-refractivity contribution in [1.82, 2.24) is 5.32 Å². The molecule has 0 aliphatic rings. The van der Waals surface area contributed by atoms with Crippen molar-refractivity contribution in [2.24, 2.45) is 0 Å². The minimum Gasteiger partial charge on any atom is -0.487 e. The Morgan fingerprint density at radius 3 is 1.62 bits per heavy atom. The Morgan fingerprint density at radius 1 is 0.655 bits per heavy atom. The van der Waals surface area contributed by atoms with Gasteiger partial charge in [0, 0.05) is 18.5 Å². The Balaban J connectivity index is 1.46. The van der Waals surface area contributed by atoms with Gasteiger partial charge in [-0.25, -0.2) is 18.0 Å². The zero-order chi connectivity index (χ0) is 41.7. The van der Waals surface area contributed by atoms with E-state index in [-0.39, 0.29) is 43.0 Å². The average Bonchev–Trinajstić information content (AvgIpc) is 3.17. The standard InChI is InChI=1S/C45H50N2O10S/c1-30(2)54-44(49)56-37-21-16-34(17-22-37)43(35-18-23-38(24-19-35)57-45(50)55-31(3)4)40(26-32-12-8-6-9-13-32)46-28-41(48)36-20-25-42(39(27-36)47-58(5,51)52)53-29-33-14-10-7-11-15-33/h6-25,27,30-31,40-41,43,46-48H,26,28-29H2,1-5H3/t40?,41-/m0/s1. The number of carbonyl (C=O) groups is 2. The van der Waals surface area contributed by atoms with Crippen LogP contribution >= 0.6 is 0 Å². The lowest BCUT2D eigenvalue weighted by Gasteiger charge is -2.31. The number of nitrogens with one attached hydrogen (secondary N) is 2. The summed E-state index contributed by atoms with van der Waals surface area (Å²) < 4.78 is 54.3. The quantitative estimate of drug-likeness (QED) is 0.0575. The van der Waals surface area contributed by atoms with Gasteiger partial charge in [0.2, 0.25) is 10.0 Å². The molecule has 5 rings (SSSR count). The lowest BCUT2D eigenvalue weighted by molar-refractivity contribution is 0.0717. The van der Waals surface area contributed by atoms with Crippen molar-refractivity contribution in [1.29, 1.82) is 0 Å². The lowest BCUT2D eigenvalue weighted by atomic mass is 9.82. The van der Waals surface area contributed by atoms with E-state index >= 15 is 0 Å². The summed E-state index contributed by atoms with van der Waals surface area (Å²) in [5, 5.41) is 15.2. The second-order valence-electron chi connectivity index (χ2n) is 14.3. The molecule has 58 heavy (non-hydrogen) atoms. The summed E-state index contributed by atoms with van der Waals surface area (Å²) in [6.45, 7) is 7.24. The number of rotatable bonds is 18. The van der Waals surface area contributed by atoms with Crippen molar-refractivity contribution >= 4 is 28.0 Å². The van der Waals surface area contributed by atoms with E-state index in [0.717, 1.165) is 28.5 Å². The highest BCUT2D eigenvalue weighted by Gasteiger charge is 2.27. The largest absolute Gasteiger partial charge is 0.514 e. The van der Waals surface area contributed by atoms with Gasteiger partial charge in [-0.2, -0.15) is 0 Å². The first-order valence-electron chi connectivity index (χ1n) is 18.9. The fourth-order valence-corrected chi connectivity index (χ4v) is 6.78. The third kappa shape index (κ3) is 13.6. The van der Waals surface area contributed by atoms with Crippen LogP contribution in [-0.4, -0.2) is 56.9 Å². The molecule has 5 aromatic rings. The zero-order valence-corrected chi connectivity index (χ0v) is 34.0. The van der Waals surface area contributed by atoms with Crippen molar-refractivity contribution in [3.8, 4) is 17.2 Å². The number of sulfonamides is 1. The van der Waals surface area contributed by atoms with Crippen molar-refractivity contribution in [2.45, 2.75) is 71.0 Å². The predicted molar refractivity (Wildman–Crippen MR) is 222 cm³/mol. The molecule has 0 amide bonds. The van der Waals surface area contributed by atoms with E-state index in [9.17, 15) is 23.1 Å². The second kappa shape index (κ2) is 20.5. The lowest BCUT2D eigenvalue weighted by Crippen LogP contribution is -2.39. The molecule has 0 aliphatic heterocycles. The van der Waals surface area contributed by atoms with Crippen LogP contribution in [0.15, 0.2) is 127 Å². The molecule has 12 nitrogen and oxygen atoms in total. The van der Waals surface area contributed by atoms with Crippen molar-refractivity contribution < 1.29 is 46.8 Å². The SMILES string of the molecule is CC(C)OC(=O)Oc1ccc(C(c2ccc(OC(=O)OC(C)C)cc2)C(Cc2ccccc2)NC[C@H](O)c2ccc(OCc3ccccc3)c(NS(C)(=O)=O)c2)cc1. The van der Waals surface area contributed by atoms with Gasteiger partial charge in [-0.1, -0.05) is 91.0 Å². The van der Waals surface area contributed by atoms with Crippen LogP contribution in [0.25, 0.3) is 0 Å². The minimum atomic E-state index is -3.69.